The number of ether oxygens (including phenoxy) is 1. The van der Waals surface area contributed by atoms with E-state index in [0.29, 0.717) is 18.3 Å². The maximum absolute atomic E-state index is 12.6. The van der Waals surface area contributed by atoms with Crippen LogP contribution in [0.3, 0.4) is 0 Å². The molecule has 0 fully saturated rings. The third-order valence-corrected chi connectivity index (χ3v) is 6.10. The summed E-state index contributed by atoms with van der Waals surface area (Å²) in [6, 6.07) is 11.7. The van der Waals surface area contributed by atoms with Crippen molar-refractivity contribution in [2.45, 2.75) is 59.2 Å². The minimum absolute atomic E-state index is 0.0334. The fourth-order valence-electron chi connectivity index (χ4n) is 3.99. The predicted molar refractivity (Wildman–Crippen MR) is 125 cm³/mol. The van der Waals surface area contributed by atoms with E-state index in [0.717, 1.165) is 42.6 Å². The minimum atomic E-state index is -0.0334. The number of aryl methyl sites for hydroxylation is 1. The van der Waals surface area contributed by atoms with E-state index in [-0.39, 0.29) is 17.2 Å². The van der Waals surface area contributed by atoms with Crippen LogP contribution in [0.5, 0.6) is 11.5 Å². The monoisotopic (exact) mass is 424 g/mol. The SMILES string of the molecule is CC(C)COc1cc(CCC(C)(C)N2Cc3cccc(C(=O)N(C)C)c3C2)ccc1O. The first-order chi connectivity index (χ1) is 14.6. The number of hydrogen-bond acceptors (Lipinski definition) is 4. The smallest absolute Gasteiger partial charge is 0.253 e. The molecule has 1 heterocycles. The normalized spacial score (nSPS) is 14.0. The Morgan fingerprint density at radius 2 is 1.94 bits per heavy atom. The summed E-state index contributed by atoms with van der Waals surface area (Å²) in [5, 5.41) is 10.1. The molecule has 5 heteroatoms. The number of rotatable bonds is 8. The van der Waals surface area contributed by atoms with Crippen LogP contribution in [-0.2, 0) is 19.5 Å². The molecule has 0 saturated heterocycles. The number of carbonyl (C=O) groups is 1. The Labute approximate surface area is 186 Å². The van der Waals surface area contributed by atoms with Gasteiger partial charge in [0.2, 0.25) is 0 Å². The Hall–Kier alpha value is -2.53. The highest BCUT2D eigenvalue weighted by molar-refractivity contribution is 5.95. The second kappa shape index (κ2) is 9.31. The molecule has 1 amide bonds. The number of aromatic hydroxyl groups is 1. The van der Waals surface area contributed by atoms with Crippen molar-refractivity contribution >= 4 is 5.91 Å². The van der Waals surface area contributed by atoms with E-state index in [1.54, 1.807) is 25.1 Å². The molecule has 0 unspecified atom stereocenters. The van der Waals surface area contributed by atoms with Gasteiger partial charge in [-0.15, -0.1) is 0 Å². The van der Waals surface area contributed by atoms with Gasteiger partial charge in [-0.3, -0.25) is 9.69 Å². The highest BCUT2D eigenvalue weighted by Gasteiger charge is 2.33. The molecule has 0 radical (unpaired) electrons. The van der Waals surface area contributed by atoms with E-state index < -0.39 is 0 Å². The van der Waals surface area contributed by atoms with Crippen LogP contribution in [0.25, 0.3) is 0 Å². The lowest BCUT2D eigenvalue weighted by molar-refractivity contribution is 0.0822. The van der Waals surface area contributed by atoms with E-state index in [9.17, 15) is 9.90 Å². The van der Waals surface area contributed by atoms with Gasteiger partial charge in [-0.25, -0.2) is 0 Å². The van der Waals surface area contributed by atoms with Crippen molar-refractivity contribution in [3.8, 4) is 11.5 Å². The van der Waals surface area contributed by atoms with Gasteiger partial charge in [-0.2, -0.15) is 0 Å². The molecule has 0 bridgehead atoms. The van der Waals surface area contributed by atoms with Gasteiger partial charge in [0.05, 0.1) is 6.61 Å². The molecule has 3 rings (SSSR count). The summed E-state index contributed by atoms with van der Waals surface area (Å²) in [5.74, 6) is 1.22. The number of fused-ring (bicyclic) bond motifs is 1. The van der Waals surface area contributed by atoms with E-state index in [1.807, 2.05) is 24.3 Å². The van der Waals surface area contributed by atoms with Crippen LogP contribution in [0, 0.1) is 5.92 Å². The number of hydrogen-bond donors (Lipinski definition) is 1. The quantitative estimate of drug-likeness (QED) is 0.658. The average Bonchev–Trinajstić information content (AvgIpc) is 3.17. The summed E-state index contributed by atoms with van der Waals surface area (Å²) in [7, 11) is 3.60. The molecule has 1 aliphatic rings. The number of phenols is 1. The summed E-state index contributed by atoms with van der Waals surface area (Å²) in [6.45, 7) is 10.9. The molecule has 168 valence electrons. The molecule has 0 aliphatic carbocycles. The minimum Gasteiger partial charge on any atom is -0.504 e. The maximum atomic E-state index is 12.6. The van der Waals surface area contributed by atoms with Gasteiger partial charge in [0.1, 0.15) is 0 Å². The zero-order valence-electron chi connectivity index (χ0n) is 19.7. The average molecular weight is 425 g/mol. The van der Waals surface area contributed by atoms with E-state index in [4.69, 9.17) is 4.74 Å². The van der Waals surface area contributed by atoms with Crippen molar-refractivity contribution in [1.82, 2.24) is 9.80 Å². The van der Waals surface area contributed by atoms with Gasteiger partial charge in [0.25, 0.3) is 5.91 Å². The van der Waals surface area contributed by atoms with Gasteiger partial charge >= 0.3 is 0 Å². The number of nitrogens with zero attached hydrogens (tertiary/aromatic N) is 2. The van der Waals surface area contributed by atoms with Gasteiger partial charge in [0, 0.05) is 38.3 Å². The lowest BCUT2D eigenvalue weighted by Gasteiger charge is -2.35. The molecule has 1 N–H and O–H groups in total. The predicted octanol–water partition coefficient (Wildman–Crippen LogP) is 4.86. The Morgan fingerprint density at radius 1 is 1.19 bits per heavy atom. The third-order valence-electron chi connectivity index (χ3n) is 6.10. The Balaban J connectivity index is 1.69. The number of carbonyl (C=O) groups excluding carboxylic acids is 1. The highest BCUT2D eigenvalue weighted by atomic mass is 16.5. The van der Waals surface area contributed by atoms with Crippen molar-refractivity contribution < 1.29 is 14.6 Å². The van der Waals surface area contributed by atoms with Crippen molar-refractivity contribution in [3.63, 3.8) is 0 Å². The van der Waals surface area contributed by atoms with Crippen LogP contribution in [0.4, 0.5) is 0 Å². The lowest BCUT2D eigenvalue weighted by Crippen LogP contribution is -2.40. The third kappa shape index (κ3) is 5.40. The Morgan fingerprint density at radius 3 is 2.61 bits per heavy atom. The molecule has 5 nitrogen and oxygen atoms in total. The van der Waals surface area contributed by atoms with Gasteiger partial charge in [-0.1, -0.05) is 32.0 Å². The molecule has 1 aliphatic heterocycles. The first kappa shape index (κ1) is 23.1. The molecule has 0 spiro atoms. The Kier molecular flexibility index (Phi) is 6.95. The fraction of sp³-hybridized carbons (Fsp3) is 0.500. The number of benzene rings is 2. The van der Waals surface area contributed by atoms with Crippen molar-refractivity contribution in [3.05, 3.63) is 58.7 Å². The van der Waals surface area contributed by atoms with Gasteiger partial charge < -0.3 is 14.7 Å². The second-order valence-corrected chi connectivity index (χ2v) is 9.82. The van der Waals surface area contributed by atoms with E-state index >= 15 is 0 Å². The highest BCUT2D eigenvalue weighted by Crippen LogP contribution is 2.35. The molecule has 2 aromatic rings. The number of phenolic OH excluding ortho intramolecular Hbond substituents is 1. The van der Waals surface area contributed by atoms with Gasteiger partial charge in [0.15, 0.2) is 11.5 Å². The summed E-state index contributed by atoms with van der Waals surface area (Å²) in [4.78, 5) is 16.7. The number of amides is 1. The van der Waals surface area contributed by atoms with Crippen molar-refractivity contribution in [2.75, 3.05) is 20.7 Å². The largest absolute Gasteiger partial charge is 0.504 e. The molecular weight excluding hydrogens is 388 g/mol. The summed E-state index contributed by atoms with van der Waals surface area (Å²) < 4.78 is 5.77. The molecule has 2 aromatic carbocycles. The van der Waals surface area contributed by atoms with E-state index in [2.05, 4.69) is 38.7 Å². The lowest BCUT2D eigenvalue weighted by atomic mass is 9.93. The van der Waals surface area contributed by atoms with Crippen LogP contribution in [-0.4, -0.2) is 47.1 Å². The zero-order valence-corrected chi connectivity index (χ0v) is 19.7. The first-order valence-corrected chi connectivity index (χ1v) is 11.1. The summed E-state index contributed by atoms with van der Waals surface area (Å²) in [6.07, 6.45) is 1.86. The van der Waals surface area contributed by atoms with E-state index in [1.165, 1.54) is 5.56 Å². The van der Waals surface area contributed by atoms with Crippen LogP contribution in [0.1, 0.15) is 61.2 Å². The second-order valence-electron chi connectivity index (χ2n) is 9.82. The topological polar surface area (TPSA) is 53.0 Å². The molecule has 0 atom stereocenters. The molecule has 0 saturated carbocycles. The Bertz CT molecular complexity index is 934. The molecule has 31 heavy (non-hydrogen) atoms. The molecular formula is C26H36N2O3. The van der Waals surface area contributed by atoms with Crippen LogP contribution in [0.2, 0.25) is 0 Å². The standard InChI is InChI=1S/C26H36N2O3/c1-18(2)17-31-24-14-19(10-11-23(24)29)12-13-26(3,4)28-15-20-8-7-9-21(22(20)16-28)25(30)27(5)6/h7-11,14,18,29H,12-13,15-17H2,1-6H3. The van der Waals surface area contributed by atoms with Crippen molar-refractivity contribution in [1.29, 1.82) is 0 Å². The van der Waals surface area contributed by atoms with Crippen LogP contribution < -0.4 is 4.74 Å². The maximum Gasteiger partial charge on any atom is 0.253 e. The van der Waals surface area contributed by atoms with Crippen LogP contribution >= 0.6 is 0 Å². The summed E-state index contributed by atoms with van der Waals surface area (Å²) >= 11 is 0. The fourth-order valence-corrected chi connectivity index (χ4v) is 3.99. The van der Waals surface area contributed by atoms with Crippen LogP contribution in [0.15, 0.2) is 36.4 Å². The van der Waals surface area contributed by atoms with Gasteiger partial charge in [-0.05, 0) is 67.5 Å². The van der Waals surface area contributed by atoms with Crippen molar-refractivity contribution in [2.24, 2.45) is 5.92 Å². The summed E-state index contributed by atoms with van der Waals surface area (Å²) in [5.41, 5.74) is 4.34. The first-order valence-electron chi connectivity index (χ1n) is 11.1. The molecule has 0 aromatic heterocycles. The zero-order chi connectivity index (χ0) is 22.8.